The Kier molecular flexibility index (Phi) is 5.15. The fraction of sp³-hybridized carbons (Fsp3) is 0.364. The molecule has 0 radical (unpaired) electrons. The van der Waals surface area contributed by atoms with Crippen LogP contribution in [0.4, 0.5) is 0 Å². The first-order valence-corrected chi connectivity index (χ1v) is 5.24. The maximum atomic E-state index is 11.4. The highest BCUT2D eigenvalue weighted by Gasteiger charge is 2.14. The summed E-state index contributed by atoms with van der Waals surface area (Å²) in [4.78, 5) is 11.4. The smallest absolute Gasteiger partial charge is 0.238 e. The molecular weight excluding hydrogens is 214 g/mol. The summed E-state index contributed by atoms with van der Waals surface area (Å²) in [6.07, 6.45) is 0.500. The Labute approximate surface area is 94.1 Å². The van der Waals surface area contributed by atoms with Crippen molar-refractivity contribution in [1.82, 2.24) is 5.32 Å². The van der Waals surface area contributed by atoms with Gasteiger partial charge in [-0.15, -0.1) is 11.6 Å². The lowest BCUT2D eigenvalue weighted by atomic mass is 10.1. The highest BCUT2D eigenvalue weighted by atomic mass is 35.5. The number of carbonyl (C=O) groups excluding carboxylic acids is 1. The maximum absolute atomic E-state index is 11.4. The Bertz CT molecular complexity index is 303. The molecule has 0 aromatic heterocycles. The lowest BCUT2D eigenvalue weighted by Gasteiger charge is -2.09. The van der Waals surface area contributed by atoms with Crippen molar-refractivity contribution in [1.29, 1.82) is 0 Å². The number of hydrogen-bond donors (Lipinski definition) is 2. The van der Waals surface area contributed by atoms with E-state index in [1.807, 2.05) is 30.3 Å². The lowest BCUT2D eigenvalue weighted by Crippen LogP contribution is -2.34. The largest absolute Gasteiger partial charge is 0.395 e. The van der Waals surface area contributed by atoms with E-state index in [-0.39, 0.29) is 19.1 Å². The van der Waals surface area contributed by atoms with Gasteiger partial charge in [0.25, 0.3) is 0 Å². The molecule has 0 aliphatic rings. The van der Waals surface area contributed by atoms with Gasteiger partial charge in [-0.3, -0.25) is 4.79 Å². The predicted octanol–water partition coefficient (Wildman–Crippen LogP) is 0.945. The van der Waals surface area contributed by atoms with E-state index >= 15 is 0 Å². The van der Waals surface area contributed by atoms with E-state index in [2.05, 4.69) is 5.32 Å². The van der Waals surface area contributed by atoms with Gasteiger partial charge in [-0.05, 0) is 12.0 Å². The fourth-order valence-corrected chi connectivity index (χ4v) is 1.46. The molecule has 4 heteroatoms. The van der Waals surface area contributed by atoms with Gasteiger partial charge in [-0.1, -0.05) is 30.3 Å². The molecule has 1 atom stereocenters. The summed E-state index contributed by atoms with van der Waals surface area (Å²) in [6, 6.07) is 9.58. The van der Waals surface area contributed by atoms with E-state index in [1.54, 1.807) is 0 Å². The van der Waals surface area contributed by atoms with Crippen molar-refractivity contribution in [3.8, 4) is 0 Å². The second-order valence-electron chi connectivity index (χ2n) is 3.17. The van der Waals surface area contributed by atoms with Gasteiger partial charge in [0.2, 0.25) is 5.91 Å². The Morgan fingerprint density at radius 2 is 2.07 bits per heavy atom. The summed E-state index contributed by atoms with van der Waals surface area (Å²) in [7, 11) is 0. The molecule has 15 heavy (non-hydrogen) atoms. The molecule has 1 amide bonds. The van der Waals surface area contributed by atoms with Crippen LogP contribution in [0, 0.1) is 0 Å². The van der Waals surface area contributed by atoms with Gasteiger partial charge in [0.05, 0.1) is 6.61 Å². The van der Waals surface area contributed by atoms with Crippen LogP contribution in [0.2, 0.25) is 0 Å². The summed E-state index contributed by atoms with van der Waals surface area (Å²) in [5, 5.41) is 10.5. The van der Waals surface area contributed by atoms with Gasteiger partial charge in [-0.2, -0.15) is 0 Å². The van der Waals surface area contributed by atoms with Crippen molar-refractivity contribution in [2.24, 2.45) is 0 Å². The number of nitrogens with one attached hydrogen (secondary N) is 1. The topological polar surface area (TPSA) is 49.3 Å². The zero-order chi connectivity index (χ0) is 11.1. The number of aliphatic hydroxyl groups is 1. The Balaban J connectivity index is 2.41. The van der Waals surface area contributed by atoms with Gasteiger partial charge >= 0.3 is 0 Å². The van der Waals surface area contributed by atoms with E-state index in [0.717, 1.165) is 5.56 Å². The summed E-state index contributed by atoms with van der Waals surface area (Å²) in [6.45, 7) is 0.178. The van der Waals surface area contributed by atoms with Crippen molar-refractivity contribution >= 4 is 17.5 Å². The first-order chi connectivity index (χ1) is 7.24. The van der Waals surface area contributed by atoms with Crippen LogP contribution in [-0.4, -0.2) is 29.5 Å². The Morgan fingerprint density at radius 1 is 1.40 bits per heavy atom. The highest BCUT2D eigenvalue weighted by Crippen LogP contribution is 2.07. The van der Waals surface area contributed by atoms with Crippen LogP contribution in [0.1, 0.15) is 5.56 Å². The molecule has 1 aromatic carbocycles. The van der Waals surface area contributed by atoms with E-state index in [4.69, 9.17) is 16.7 Å². The molecule has 3 nitrogen and oxygen atoms in total. The fourth-order valence-electron chi connectivity index (χ4n) is 1.20. The van der Waals surface area contributed by atoms with Gasteiger partial charge in [-0.25, -0.2) is 0 Å². The second kappa shape index (κ2) is 6.43. The minimum absolute atomic E-state index is 0.0688. The first-order valence-electron chi connectivity index (χ1n) is 4.80. The van der Waals surface area contributed by atoms with Crippen LogP contribution in [0.25, 0.3) is 0 Å². The third-order valence-corrected chi connectivity index (χ3v) is 2.31. The Morgan fingerprint density at radius 3 is 2.67 bits per heavy atom. The monoisotopic (exact) mass is 227 g/mol. The van der Waals surface area contributed by atoms with Crippen molar-refractivity contribution < 1.29 is 9.90 Å². The molecule has 0 aliphatic carbocycles. The van der Waals surface area contributed by atoms with E-state index in [1.165, 1.54) is 0 Å². The average molecular weight is 228 g/mol. The predicted molar refractivity (Wildman–Crippen MR) is 59.9 cm³/mol. The number of benzene rings is 1. The third kappa shape index (κ3) is 4.32. The molecule has 0 fully saturated rings. The lowest BCUT2D eigenvalue weighted by molar-refractivity contribution is -0.120. The summed E-state index contributed by atoms with van der Waals surface area (Å²) in [5.74, 6) is -0.241. The molecule has 0 heterocycles. The van der Waals surface area contributed by atoms with E-state index in [9.17, 15) is 4.79 Å². The van der Waals surface area contributed by atoms with Crippen molar-refractivity contribution in [3.63, 3.8) is 0 Å². The second-order valence-corrected chi connectivity index (χ2v) is 3.70. The third-order valence-electron chi connectivity index (χ3n) is 1.95. The Hall–Kier alpha value is -1.06. The maximum Gasteiger partial charge on any atom is 0.238 e. The number of rotatable bonds is 5. The molecular formula is C11H14ClNO2. The van der Waals surface area contributed by atoms with Gasteiger partial charge in [0.15, 0.2) is 0 Å². The zero-order valence-corrected chi connectivity index (χ0v) is 9.07. The molecule has 0 saturated carbocycles. The number of halogens is 1. The summed E-state index contributed by atoms with van der Waals surface area (Å²) >= 11 is 5.91. The SMILES string of the molecule is O=C(NCCO)C(Cl)Cc1ccccc1. The van der Waals surface area contributed by atoms with Crippen LogP contribution in [0.3, 0.4) is 0 Å². The molecule has 0 spiro atoms. The normalized spacial score (nSPS) is 12.1. The molecule has 0 saturated heterocycles. The minimum Gasteiger partial charge on any atom is -0.395 e. The molecule has 2 N–H and O–H groups in total. The number of hydrogen-bond acceptors (Lipinski definition) is 2. The van der Waals surface area contributed by atoms with Crippen molar-refractivity contribution in [2.45, 2.75) is 11.8 Å². The number of amides is 1. The molecule has 0 aliphatic heterocycles. The number of alkyl halides is 1. The average Bonchev–Trinajstić information content (AvgIpc) is 2.27. The van der Waals surface area contributed by atoms with Gasteiger partial charge < -0.3 is 10.4 Å². The van der Waals surface area contributed by atoms with Crippen LogP contribution in [-0.2, 0) is 11.2 Å². The number of aliphatic hydroxyl groups excluding tert-OH is 1. The summed E-state index contributed by atoms with van der Waals surface area (Å²) in [5.41, 5.74) is 1.02. The molecule has 0 bridgehead atoms. The van der Waals surface area contributed by atoms with Crippen molar-refractivity contribution in [3.05, 3.63) is 35.9 Å². The zero-order valence-electron chi connectivity index (χ0n) is 8.32. The molecule has 1 rings (SSSR count). The van der Waals surface area contributed by atoms with E-state index in [0.29, 0.717) is 6.42 Å². The van der Waals surface area contributed by atoms with Gasteiger partial charge in [0.1, 0.15) is 5.38 Å². The standard InChI is InChI=1S/C11H14ClNO2/c12-10(11(15)13-6-7-14)8-9-4-2-1-3-5-9/h1-5,10,14H,6-8H2,(H,13,15). The van der Waals surface area contributed by atoms with Crippen LogP contribution < -0.4 is 5.32 Å². The van der Waals surface area contributed by atoms with Gasteiger partial charge in [0, 0.05) is 6.54 Å². The summed E-state index contributed by atoms with van der Waals surface area (Å²) < 4.78 is 0. The van der Waals surface area contributed by atoms with Crippen molar-refractivity contribution in [2.75, 3.05) is 13.2 Å². The minimum atomic E-state index is -0.584. The van der Waals surface area contributed by atoms with Crippen LogP contribution >= 0.6 is 11.6 Å². The molecule has 1 unspecified atom stereocenters. The quantitative estimate of drug-likeness (QED) is 0.736. The molecule has 82 valence electrons. The van der Waals surface area contributed by atoms with E-state index < -0.39 is 5.38 Å². The van der Waals surface area contributed by atoms with Crippen LogP contribution in [0.5, 0.6) is 0 Å². The molecule has 1 aromatic rings. The highest BCUT2D eigenvalue weighted by molar-refractivity contribution is 6.30. The van der Waals surface area contributed by atoms with Crippen LogP contribution in [0.15, 0.2) is 30.3 Å². The number of carbonyl (C=O) groups is 1. The first kappa shape index (κ1) is 12.0.